The summed E-state index contributed by atoms with van der Waals surface area (Å²) in [4.78, 5) is 34.3. The number of hydrogen-bond acceptors (Lipinski definition) is 27. The Bertz CT molecular complexity index is 4090. The zero-order valence-corrected chi connectivity index (χ0v) is 84.9. The third-order valence-corrected chi connectivity index (χ3v) is 28.7. The number of likely N-dealkylation sites (tertiary alicyclic amines) is 2. The molecule has 0 radical (unpaired) electrons. The summed E-state index contributed by atoms with van der Waals surface area (Å²) in [6.07, 6.45) is 28.2. The van der Waals surface area contributed by atoms with Gasteiger partial charge >= 0.3 is 0 Å². The van der Waals surface area contributed by atoms with Crippen molar-refractivity contribution >= 4 is 68.2 Å². The SMILES string of the molecule is CN(C)CCCOCCN1CCCc2ccc(N)cc21.CN1CCN(CCCNCCN2CCCc3ccc(N)cc32)CC1.CN1CCN(CCCOCCN2CCCc3ccc(N)cc32)CC1.Nc1ccc2c(c1)N(CCOCCCN1CCCC1)CCC2.Nc1ccc2c(c1)N(CCOCCCN1CCCCC1)CCC2.Nc1ccc2c(c1)N(CCOCCCN1CCOCC1)CCC2. The number of nitrogens with one attached hydrogen (secondary N) is 1. The molecule has 27 heteroatoms. The van der Waals surface area contributed by atoms with Crippen LogP contribution in [-0.2, 0) is 66.9 Å². The fourth-order valence-electron chi connectivity index (χ4n) is 20.7. The first kappa shape index (κ1) is 107. The van der Waals surface area contributed by atoms with Crippen LogP contribution >= 0.6 is 0 Å². The van der Waals surface area contributed by atoms with E-state index in [0.29, 0.717) is 0 Å². The van der Waals surface area contributed by atoms with Crippen molar-refractivity contribution in [2.45, 2.75) is 148 Å². The number of morpholine rings is 1. The van der Waals surface area contributed by atoms with Gasteiger partial charge in [-0.1, -0.05) is 42.8 Å². The molecule has 11 aliphatic rings. The second-order valence-electron chi connectivity index (χ2n) is 39.8. The molecule has 17 rings (SSSR count). The minimum absolute atomic E-state index is 0.789. The van der Waals surface area contributed by atoms with E-state index in [2.05, 4.69) is 175 Å². The molecule has 0 aromatic heterocycles. The molecule has 5 fully saturated rings. The summed E-state index contributed by atoms with van der Waals surface area (Å²) in [6, 6.07) is 37.8. The summed E-state index contributed by atoms with van der Waals surface area (Å²) < 4.78 is 34.5. The smallest absolute Gasteiger partial charge is 0.0641 e. The van der Waals surface area contributed by atoms with E-state index >= 15 is 0 Å². The number of piperidine rings is 1. The van der Waals surface area contributed by atoms with Gasteiger partial charge in [0.2, 0.25) is 0 Å². The summed E-state index contributed by atoms with van der Waals surface area (Å²) in [6.45, 7) is 48.8. The Hall–Kier alpha value is -7.68. The summed E-state index contributed by atoms with van der Waals surface area (Å²) in [5.74, 6) is 0. The zero-order valence-electron chi connectivity index (χ0n) is 84.9. The van der Waals surface area contributed by atoms with Gasteiger partial charge in [-0.25, -0.2) is 0 Å². The fraction of sp³-hybridized carbons (Fsp3) is 0.670. The van der Waals surface area contributed by atoms with E-state index in [4.69, 9.17) is 62.8 Å². The number of anilines is 12. The van der Waals surface area contributed by atoms with Crippen molar-refractivity contribution < 1.29 is 28.4 Å². The van der Waals surface area contributed by atoms with Crippen molar-refractivity contribution in [3.63, 3.8) is 0 Å². The molecule has 136 heavy (non-hydrogen) atoms. The van der Waals surface area contributed by atoms with Crippen LogP contribution in [0.4, 0.5) is 68.2 Å². The molecular weight excluding hydrogens is 1700 g/mol. The highest BCUT2D eigenvalue weighted by molar-refractivity contribution is 5.67. The van der Waals surface area contributed by atoms with E-state index in [1.54, 1.807) is 0 Å². The van der Waals surface area contributed by atoms with Gasteiger partial charge < -0.3 is 132 Å². The van der Waals surface area contributed by atoms with Crippen molar-refractivity contribution in [1.29, 1.82) is 0 Å². The zero-order chi connectivity index (χ0) is 94.9. The molecule has 0 bridgehead atoms. The van der Waals surface area contributed by atoms with Crippen molar-refractivity contribution in [3.05, 3.63) is 143 Å². The van der Waals surface area contributed by atoms with E-state index < -0.39 is 0 Å². The lowest BCUT2D eigenvalue weighted by Crippen LogP contribution is -2.45. The molecule has 0 saturated carbocycles. The normalized spacial score (nSPS) is 18.4. The Morgan fingerprint density at radius 3 is 0.794 bits per heavy atom. The number of nitrogens with zero attached hydrogens (tertiary/aromatic N) is 14. The Morgan fingerprint density at radius 2 is 0.507 bits per heavy atom. The van der Waals surface area contributed by atoms with Gasteiger partial charge in [0.1, 0.15) is 0 Å². The summed E-state index contributed by atoms with van der Waals surface area (Å²) in [5, 5.41) is 3.62. The molecule has 6 aromatic rings. The number of nitrogens with two attached hydrogens (primary N) is 6. The lowest BCUT2D eigenvalue weighted by atomic mass is 10.0. The van der Waals surface area contributed by atoms with Gasteiger partial charge in [0, 0.05) is 278 Å². The number of ether oxygens (including phenoxy) is 6. The van der Waals surface area contributed by atoms with Crippen molar-refractivity contribution in [1.82, 2.24) is 44.5 Å². The van der Waals surface area contributed by atoms with Crippen LogP contribution < -0.4 is 69.1 Å². The molecular formula is C109H181N21O6. The lowest BCUT2D eigenvalue weighted by molar-refractivity contribution is 0.0322. The third-order valence-electron chi connectivity index (χ3n) is 28.7. The van der Waals surface area contributed by atoms with E-state index in [9.17, 15) is 0 Å². The molecule has 0 amide bonds. The molecule has 11 heterocycles. The van der Waals surface area contributed by atoms with Crippen LogP contribution in [0.1, 0.15) is 143 Å². The van der Waals surface area contributed by atoms with Crippen molar-refractivity contribution in [2.75, 3.05) is 394 Å². The minimum Gasteiger partial charge on any atom is -0.399 e. The van der Waals surface area contributed by atoms with Crippen LogP contribution in [0.25, 0.3) is 0 Å². The van der Waals surface area contributed by atoms with E-state index in [1.165, 1.54) is 262 Å². The Balaban J connectivity index is 0.000000147. The van der Waals surface area contributed by atoms with Gasteiger partial charge in [-0.2, -0.15) is 0 Å². The Labute approximate surface area is 820 Å². The second-order valence-corrected chi connectivity index (χ2v) is 39.8. The average Bonchev–Trinajstić information content (AvgIpc) is 0.858. The van der Waals surface area contributed by atoms with Gasteiger partial charge in [-0.05, 0) is 321 Å². The van der Waals surface area contributed by atoms with E-state index in [-0.39, 0.29) is 0 Å². The number of benzene rings is 6. The fourth-order valence-corrected chi connectivity index (χ4v) is 20.7. The Morgan fingerprint density at radius 1 is 0.257 bits per heavy atom. The van der Waals surface area contributed by atoms with Crippen LogP contribution in [0.2, 0.25) is 0 Å². The first-order chi connectivity index (χ1) is 66.6. The standard InChI is InChI=1S/C19H33N5.C19H32N4O.C19H31N3O.C18H29N3O2.C18H29N3O.C16H27N3O/c1-22-12-14-23(15-13-22)9-3-7-21-8-11-24-10-2-4-17-5-6-18(20)16-19(17)24;1-21-9-11-22(12-10-21)7-3-14-24-15-13-23-8-2-4-17-5-6-18(20)16-19(17)23;20-18-8-7-17-6-4-12-22(19(17)16-18)13-15-23-14-5-11-21-9-2-1-3-10-21;19-17-5-4-16-3-1-7-21(18(16)15-17)10-14-22-11-2-6-20-8-12-23-13-9-20;19-17-7-6-16-5-3-11-21(18(16)15-17)12-14-22-13-4-10-20-8-1-2-9-20;1-18(2)8-4-11-20-12-10-19-9-3-5-14-6-7-15(17)13-16(14)19/h5-6,16,21H,2-4,7-15,20H2,1H3;5-6,16H,2-4,7-15,20H2,1H3;7-8,16H,1-6,9-15,20H2;4-5,15H,1-3,6-14,19H2;6-7,15H,1-5,8-14,19H2;6-7,13H,3-5,8-12,17H2,1-2H3. The molecule has 13 N–H and O–H groups in total. The molecule has 758 valence electrons. The molecule has 0 spiro atoms. The van der Waals surface area contributed by atoms with E-state index in [0.717, 1.165) is 289 Å². The largest absolute Gasteiger partial charge is 0.399 e. The first-order valence-electron chi connectivity index (χ1n) is 53.2. The third kappa shape index (κ3) is 38.4. The maximum absolute atomic E-state index is 5.97. The van der Waals surface area contributed by atoms with Gasteiger partial charge in [-0.3, -0.25) is 4.90 Å². The van der Waals surface area contributed by atoms with Gasteiger partial charge in [0.25, 0.3) is 0 Å². The average molecular weight is 1880 g/mol. The molecule has 0 atom stereocenters. The second kappa shape index (κ2) is 61.1. The molecule has 0 unspecified atom stereocenters. The maximum atomic E-state index is 5.97. The van der Waals surface area contributed by atoms with Crippen LogP contribution in [0.15, 0.2) is 109 Å². The van der Waals surface area contributed by atoms with Crippen LogP contribution in [0, 0.1) is 0 Å². The van der Waals surface area contributed by atoms with Crippen LogP contribution in [0.5, 0.6) is 0 Å². The van der Waals surface area contributed by atoms with Gasteiger partial charge in [0.15, 0.2) is 0 Å². The summed E-state index contributed by atoms with van der Waals surface area (Å²) >= 11 is 0. The highest BCUT2D eigenvalue weighted by Gasteiger charge is 2.26. The highest BCUT2D eigenvalue weighted by Crippen LogP contribution is 2.35. The summed E-state index contributed by atoms with van der Waals surface area (Å²) in [7, 11) is 8.60. The van der Waals surface area contributed by atoms with E-state index in [1.807, 2.05) is 36.4 Å². The predicted octanol–water partition coefficient (Wildman–Crippen LogP) is 12.1. The summed E-state index contributed by atoms with van der Waals surface area (Å²) in [5.41, 5.74) is 57.2. The number of piperazine rings is 2. The number of aryl methyl sites for hydroxylation is 6. The number of nitrogen functional groups attached to an aromatic ring is 6. The van der Waals surface area contributed by atoms with Crippen LogP contribution in [0.3, 0.4) is 0 Å². The van der Waals surface area contributed by atoms with Crippen molar-refractivity contribution in [2.24, 2.45) is 0 Å². The number of hydrogen-bond donors (Lipinski definition) is 7. The van der Waals surface area contributed by atoms with Crippen LogP contribution in [-0.4, -0.2) is 369 Å². The highest BCUT2D eigenvalue weighted by atomic mass is 16.5. The quantitative estimate of drug-likeness (QED) is 0.0139. The maximum Gasteiger partial charge on any atom is 0.0641 e. The molecule has 6 aromatic carbocycles. The number of likely N-dealkylation sites (N-methyl/N-ethyl adjacent to an activating group) is 2. The minimum atomic E-state index is 0.789. The monoisotopic (exact) mass is 1880 g/mol. The first-order valence-corrected chi connectivity index (χ1v) is 53.2. The van der Waals surface area contributed by atoms with Crippen molar-refractivity contribution in [3.8, 4) is 0 Å². The molecule has 5 saturated heterocycles. The number of fused-ring (bicyclic) bond motifs is 6. The molecule has 11 aliphatic heterocycles. The lowest BCUT2D eigenvalue weighted by Gasteiger charge is -2.32. The van der Waals surface area contributed by atoms with Gasteiger partial charge in [0.05, 0.1) is 46.2 Å². The topological polar surface area (TPSA) is 269 Å². The number of rotatable bonds is 42. The van der Waals surface area contributed by atoms with Gasteiger partial charge in [-0.15, -0.1) is 0 Å². The predicted molar refractivity (Wildman–Crippen MR) is 573 cm³/mol. The molecule has 0 aliphatic carbocycles. The Kier molecular flexibility index (Phi) is 48.2. The molecule has 27 nitrogen and oxygen atoms in total.